The average Bonchev–Trinajstić information content (AvgIpc) is 2.11. The van der Waals surface area contributed by atoms with Crippen LogP contribution in [0.25, 0.3) is 0 Å². The Morgan fingerprint density at radius 2 is 2.06 bits per heavy atom. The zero-order chi connectivity index (χ0) is 12.4. The topological polar surface area (TPSA) is 55.1 Å². The molecule has 0 aromatic rings. The zero-order valence-electron chi connectivity index (χ0n) is 11.1. The Hall–Kier alpha value is -0.570. The number of carbonyl (C=O) groups excluding carboxylic acids is 1. The molecule has 3 nitrogen and oxygen atoms in total. The molecule has 3 N–H and O–H groups in total. The molecule has 0 aliphatic heterocycles. The fraction of sp³-hybridized carbons (Fsp3) is 0.923. The third kappa shape index (κ3) is 2.76. The van der Waals surface area contributed by atoms with E-state index in [2.05, 4.69) is 33.0 Å². The molecular weight excluding hydrogens is 200 g/mol. The third-order valence-corrected chi connectivity index (χ3v) is 3.68. The van der Waals surface area contributed by atoms with Crippen molar-refractivity contribution in [2.24, 2.45) is 17.1 Å². The summed E-state index contributed by atoms with van der Waals surface area (Å²) in [4.78, 5) is 12.2. The number of carbonyl (C=O) groups is 1. The van der Waals surface area contributed by atoms with Gasteiger partial charge in [-0.2, -0.15) is 0 Å². The van der Waals surface area contributed by atoms with Gasteiger partial charge in [0.05, 0.1) is 5.41 Å². The first-order valence-electron chi connectivity index (χ1n) is 6.38. The summed E-state index contributed by atoms with van der Waals surface area (Å²) in [5.41, 5.74) is 5.39. The van der Waals surface area contributed by atoms with Crippen molar-refractivity contribution in [3.05, 3.63) is 0 Å². The van der Waals surface area contributed by atoms with Gasteiger partial charge in [-0.1, -0.05) is 20.3 Å². The number of hydrogen-bond acceptors (Lipinski definition) is 2. The normalized spacial score (nSPS) is 29.7. The molecule has 0 unspecified atom stereocenters. The minimum Gasteiger partial charge on any atom is -0.351 e. The van der Waals surface area contributed by atoms with E-state index in [-0.39, 0.29) is 16.9 Å². The Bertz CT molecular complexity index is 255. The van der Waals surface area contributed by atoms with E-state index in [0.717, 1.165) is 25.7 Å². The maximum Gasteiger partial charge on any atom is 0.227 e. The van der Waals surface area contributed by atoms with Gasteiger partial charge in [0.15, 0.2) is 0 Å². The lowest BCUT2D eigenvalue weighted by atomic mass is 9.62. The fourth-order valence-electron chi connectivity index (χ4n) is 2.85. The highest BCUT2D eigenvalue weighted by molar-refractivity contribution is 5.84. The summed E-state index contributed by atoms with van der Waals surface area (Å²) in [6.45, 7) is 8.96. The highest BCUT2D eigenvalue weighted by Crippen LogP contribution is 2.45. The second-order valence-corrected chi connectivity index (χ2v) is 6.09. The molecule has 0 spiro atoms. The Balaban J connectivity index is 2.57. The highest BCUT2D eigenvalue weighted by atomic mass is 16.2. The minimum absolute atomic E-state index is 0.104. The van der Waals surface area contributed by atoms with Crippen LogP contribution in [0.1, 0.15) is 53.4 Å². The predicted molar refractivity (Wildman–Crippen MR) is 67.0 cm³/mol. The van der Waals surface area contributed by atoms with Gasteiger partial charge >= 0.3 is 0 Å². The maximum atomic E-state index is 12.2. The lowest BCUT2D eigenvalue weighted by molar-refractivity contribution is -0.139. The van der Waals surface area contributed by atoms with E-state index in [1.807, 2.05) is 0 Å². The van der Waals surface area contributed by atoms with Crippen LogP contribution in [0.15, 0.2) is 0 Å². The second-order valence-electron chi connectivity index (χ2n) is 6.09. The first kappa shape index (κ1) is 13.5. The molecular formula is C13H26N2O. The SMILES string of the molecule is CCCC(C)(C)NC(=O)C1(CN)CC(C)C1. The number of hydrogen-bond donors (Lipinski definition) is 2. The molecule has 1 aliphatic rings. The Morgan fingerprint density at radius 3 is 2.44 bits per heavy atom. The molecule has 0 aromatic heterocycles. The molecule has 0 aromatic carbocycles. The molecule has 16 heavy (non-hydrogen) atoms. The Kier molecular flexibility index (Phi) is 4.00. The van der Waals surface area contributed by atoms with Gasteiger partial charge in [-0.15, -0.1) is 0 Å². The van der Waals surface area contributed by atoms with E-state index in [4.69, 9.17) is 5.73 Å². The summed E-state index contributed by atoms with van der Waals surface area (Å²) in [5, 5.41) is 3.15. The van der Waals surface area contributed by atoms with Crippen LogP contribution >= 0.6 is 0 Å². The van der Waals surface area contributed by atoms with E-state index in [9.17, 15) is 4.79 Å². The van der Waals surface area contributed by atoms with Crippen molar-refractivity contribution < 1.29 is 4.79 Å². The maximum absolute atomic E-state index is 12.2. The first-order valence-corrected chi connectivity index (χ1v) is 6.38. The molecule has 1 saturated carbocycles. The van der Waals surface area contributed by atoms with Crippen LogP contribution in [-0.2, 0) is 4.79 Å². The van der Waals surface area contributed by atoms with Crippen molar-refractivity contribution in [2.45, 2.75) is 58.9 Å². The summed E-state index contributed by atoms with van der Waals surface area (Å²) < 4.78 is 0. The van der Waals surface area contributed by atoms with Crippen LogP contribution < -0.4 is 11.1 Å². The lowest BCUT2D eigenvalue weighted by Crippen LogP contribution is -2.57. The molecule has 0 saturated heterocycles. The number of rotatable bonds is 5. The summed E-state index contributed by atoms with van der Waals surface area (Å²) in [6.07, 6.45) is 3.98. The number of nitrogens with two attached hydrogens (primary N) is 1. The number of nitrogens with one attached hydrogen (secondary N) is 1. The summed E-state index contributed by atoms with van der Waals surface area (Å²) in [5.74, 6) is 0.801. The smallest absolute Gasteiger partial charge is 0.227 e. The van der Waals surface area contributed by atoms with Gasteiger partial charge in [0.1, 0.15) is 0 Å². The van der Waals surface area contributed by atoms with E-state index >= 15 is 0 Å². The number of amides is 1. The molecule has 0 atom stereocenters. The van der Waals surface area contributed by atoms with Crippen molar-refractivity contribution in [1.82, 2.24) is 5.32 Å². The second kappa shape index (κ2) is 4.74. The molecule has 94 valence electrons. The summed E-state index contributed by atoms with van der Waals surface area (Å²) >= 11 is 0. The molecule has 1 rings (SSSR count). The third-order valence-electron chi connectivity index (χ3n) is 3.68. The molecule has 3 heteroatoms. The van der Waals surface area contributed by atoms with Gasteiger partial charge in [-0.05, 0) is 39.0 Å². The lowest BCUT2D eigenvalue weighted by Gasteiger charge is -2.46. The zero-order valence-corrected chi connectivity index (χ0v) is 11.1. The summed E-state index contributed by atoms with van der Waals surface area (Å²) in [6, 6.07) is 0. The van der Waals surface area contributed by atoms with Crippen molar-refractivity contribution in [1.29, 1.82) is 0 Å². The molecule has 0 radical (unpaired) electrons. The Morgan fingerprint density at radius 1 is 1.50 bits per heavy atom. The predicted octanol–water partition coefficient (Wildman–Crippen LogP) is 2.06. The van der Waals surface area contributed by atoms with E-state index in [0.29, 0.717) is 12.5 Å². The molecule has 1 aliphatic carbocycles. The van der Waals surface area contributed by atoms with E-state index < -0.39 is 0 Å². The van der Waals surface area contributed by atoms with Gasteiger partial charge in [-0.25, -0.2) is 0 Å². The van der Waals surface area contributed by atoms with Gasteiger partial charge in [0, 0.05) is 12.1 Å². The quantitative estimate of drug-likeness (QED) is 0.754. The van der Waals surface area contributed by atoms with Gasteiger partial charge < -0.3 is 11.1 Å². The first-order chi connectivity index (χ1) is 7.35. The fourth-order valence-corrected chi connectivity index (χ4v) is 2.85. The molecule has 0 heterocycles. The molecule has 0 bridgehead atoms. The van der Waals surface area contributed by atoms with Gasteiger partial charge in [0.2, 0.25) is 5.91 Å². The average molecular weight is 226 g/mol. The summed E-state index contributed by atoms with van der Waals surface area (Å²) in [7, 11) is 0. The monoisotopic (exact) mass is 226 g/mol. The van der Waals surface area contributed by atoms with Crippen LogP contribution in [0.5, 0.6) is 0 Å². The van der Waals surface area contributed by atoms with Gasteiger partial charge in [0.25, 0.3) is 0 Å². The van der Waals surface area contributed by atoms with Crippen LogP contribution in [0.3, 0.4) is 0 Å². The van der Waals surface area contributed by atoms with Gasteiger partial charge in [-0.3, -0.25) is 4.79 Å². The van der Waals surface area contributed by atoms with Crippen molar-refractivity contribution in [3.63, 3.8) is 0 Å². The Labute approximate surface area is 99.2 Å². The van der Waals surface area contributed by atoms with Crippen LogP contribution in [0.2, 0.25) is 0 Å². The highest BCUT2D eigenvalue weighted by Gasteiger charge is 2.48. The van der Waals surface area contributed by atoms with Crippen LogP contribution in [-0.4, -0.2) is 18.0 Å². The molecule has 1 fully saturated rings. The molecule has 1 amide bonds. The van der Waals surface area contributed by atoms with Crippen molar-refractivity contribution in [3.8, 4) is 0 Å². The largest absolute Gasteiger partial charge is 0.351 e. The standard InChI is InChI=1S/C13H26N2O/c1-5-6-12(3,4)15-11(16)13(9-14)7-10(2)8-13/h10H,5-9,14H2,1-4H3,(H,15,16). The van der Waals surface area contributed by atoms with E-state index in [1.54, 1.807) is 0 Å². The van der Waals surface area contributed by atoms with E-state index in [1.165, 1.54) is 0 Å². The van der Waals surface area contributed by atoms with Crippen LogP contribution in [0.4, 0.5) is 0 Å². The van der Waals surface area contributed by atoms with Crippen LogP contribution in [0, 0.1) is 11.3 Å². The minimum atomic E-state index is -0.273. The van der Waals surface area contributed by atoms with Crippen molar-refractivity contribution >= 4 is 5.91 Å². The van der Waals surface area contributed by atoms with Crippen molar-refractivity contribution in [2.75, 3.05) is 6.54 Å².